The number of aromatic nitrogens is 1. The van der Waals surface area contributed by atoms with E-state index in [-0.39, 0.29) is 17.3 Å². The fourth-order valence-corrected chi connectivity index (χ4v) is 5.40. The molecule has 0 aliphatic carbocycles. The van der Waals surface area contributed by atoms with Gasteiger partial charge in [-0.3, -0.25) is 4.79 Å². The van der Waals surface area contributed by atoms with Crippen LogP contribution in [0.4, 0.5) is 46.5 Å². The lowest BCUT2D eigenvalue weighted by Gasteiger charge is -2.36. The minimum absolute atomic E-state index is 0.0770. The molecule has 4 aromatic carbocycles. The van der Waals surface area contributed by atoms with E-state index in [1.54, 1.807) is 54.7 Å². The molecular weight excluding hydrogens is 649 g/mol. The lowest BCUT2D eigenvalue weighted by atomic mass is 10.2. The van der Waals surface area contributed by atoms with Gasteiger partial charge >= 0.3 is 12.2 Å². The van der Waals surface area contributed by atoms with Crippen molar-refractivity contribution in [2.75, 3.05) is 59.0 Å². The molecule has 1 aliphatic rings. The van der Waals surface area contributed by atoms with E-state index in [0.29, 0.717) is 28.4 Å². The third kappa shape index (κ3) is 8.42. The number of nitrogens with zero attached hydrogens (tertiary/aromatic N) is 3. The Balaban J connectivity index is 1.00. The number of urea groups is 1. The Kier molecular flexibility index (Phi) is 10.0. The molecule has 5 aromatic rings. The Morgan fingerprint density at radius 2 is 1.42 bits per heavy atom. The summed E-state index contributed by atoms with van der Waals surface area (Å²) in [6.07, 6.45) is -2.78. The number of hydrogen-bond acceptors (Lipinski definition) is 7. The van der Waals surface area contributed by atoms with Gasteiger partial charge in [-0.1, -0.05) is 12.1 Å². The predicted molar refractivity (Wildman–Crippen MR) is 187 cm³/mol. The standard InChI is InChI=1S/C37H33F3N6O4/c1-49-33-17-8-26(37(38,39)40)24-32(33)44-36(48)43-28-11-15-30(16-12-28)50-31-6-4-5-25(23-31)35(47)42-27-9-13-29(14-10-27)45-19-21-46(22-20-45)34-7-2-3-18-41-34/h2-18,23-24H,19-22H2,1H3,(H,42,47)(H2,43,44,48). The molecule has 1 saturated heterocycles. The van der Waals surface area contributed by atoms with E-state index in [4.69, 9.17) is 9.47 Å². The first-order chi connectivity index (χ1) is 24.1. The Morgan fingerprint density at radius 3 is 2.10 bits per heavy atom. The van der Waals surface area contributed by atoms with Crippen LogP contribution >= 0.6 is 0 Å². The molecule has 50 heavy (non-hydrogen) atoms. The molecule has 0 atom stereocenters. The molecule has 1 aliphatic heterocycles. The van der Waals surface area contributed by atoms with E-state index in [1.165, 1.54) is 7.11 Å². The third-order valence-electron chi connectivity index (χ3n) is 7.96. The van der Waals surface area contributed by atoms with Crippen molar-refractivity contribution >= 4 is 40.5 Å². The fraction of sp³-hybridized carbons (Fsp3) is 0.162. The van der Waals surface area contributed by atoms with E-state index >= 15 is 0 Å². The Labute approximate surface area is 286 Å². The van der Waals surface area contributed by atoms with Crippen molar-refractivity contribution in [3.8, 4) is 17.2 Å². The van der Waals surface area contributed by atoms with E-state index in [1.807, 2.05) is 42.5 Å². The summed E-state index contributed by atoms with van der Waals surface area (Å²) in [6.45, 7) is 3.47. The molecule has 13 heteroatoms. The second-order valence-corrected chi connectivity index (χ2v) is 11.3. The van der Waals surface area contributed by atoms with Crippen LogP contribution in [-0.2, 0) is 6.18 Å². The molecule has 0 spiro atoms. The first kappa shape index (κ1) is 33.7. The molecule has 2 heterocycles. The van der Waals surface area contributed by atoms with Crippen LogP contribution in [0.25, 0.3) is 0 Å². The summed E-state index contributed by atoms with van der Waals surface area (Å²) < 4.78 is 50.4. The minimum atomic E-state index is -4.58. The number of rotatable bonds is 9. The first-order valence-electron chi connectivity index (χ1n) is 15.7. The smallest absolute Gasteiger partial charge is 0.416 e. The van der Waals surface area contributed by atoms with Crippen molar-refractivity contribution in [1.29, 1.82) is 0 Å². The quantitative estimate of drug-likeness (QED) is 0.144. The molecule has 3 amide bonds. The number of alkyl halides is 3. The second kappa shape index (κ2) is 14.9. The number of pyridine rings is 1. The van der Waals surface area contributed by atoms with Gasteiger partial charge in [-0.15, -0.1) is 0 Å². The van der Waals surface area contributed by atoms with Crippen molar-refractivity contribution < 1.29 is 32.2 Å². The molecule has 0 saturated carbocycles. The highest BCUT2D eigenvalue weighted by Crippen LogP contribution is 2.35. The van der Waals surface area contributed by atoms with Crippen LogP contribution in [0, 0.1) is 0 Å². The molecule has 256 valence electrons. The highest BCUT2D eigenvalue weighted by atomic mass is 19.4. The SMILES string of the molecule is COc1ccc(C(F)(F)F)cc1NC(=O)Nc1ccc(Oc2cccc(C(=O)Nc3ccc(N4CCN(c5ccccn5)CC4)cc3)c2)cc1. The maximum Gasteiger partial charge on any atom is 0.416 e. The van der Waals surface area contributed by atoms with Crippen molar-refractivity contribution in [3.05, 3.63) is 127 Å². The van der Waals surface area contributed by atoms with Gasteiger partial charge in [0.25, 0.3) is 5.91 Å². The van der Waals surface area contributed by atoms with Gasteiger partial charge in [0.15, 0.2) is 0 Å². The van der Waals surface area contributed by atoms with Gasteiger partial charge in [-0.05, 0) is 97.1 Å². The van der Waals surface area contributed by atoms with Gasteiger partial charge in [0.1, 0.15) is 23.1 Å². The molecule has 10 nitrogen and oxygen atoms in total. The van der Waals surface area contributed by atoms with Gasteiger partial charge in [-0.2, -0.15) is 13.2 Å². The van der Waals surface area contributed by atoms with Gasteiger partial charge in [0.2, 0.25) is 0 Å². The summed E-state index contributed by atoms with van der Waals surface area (Å²) in [4.78, 5) is 34.6. The number of nitrogens with one attached hydrogen (secondary N) is 3. The van der Waals surface area contributed by atoms with Crippen molar-refractivity contribution in [2.45, 2.75) is 6.18 Å². The van der Waals surface area contributed by atoms with E-state index in [2.05, 4.69) is 30.7 Å². The maximum atomic E-state index is 13.1. The average Bonchev–Trinajstić information content (AvgIpc) is 3.13. The van der Waals surface area contributed by atoms with Crippen LogP contribution in [0.5, 0.6) is 17.2 Å². The van der Waals surface area contributed by atoms with Crippen molar-refractivity contribution in [2.24, 2.45) is 0 Å². The number of benzene rings is 4. The number of piperazine rings is 1. The number of halogens is 3. The number of amides is 3. The normalized spacial score (nSPS) is 13.0. The van der Waals surface area contributed by atoms with Gasteiger partial charge in [0.05, 0.1) is 18.4 Å². The lowest BCUT2D eigenvalue weighted by Crippen LogP contribution is -2.46. The summed E-state index contributed by atoms with van der Waals surface area (Å²) in [7, 11) is 1.29. The minimum Gasteiger partial charge on any atom is -0.495 e. The maximum absolute atomic E-state index is 13.1. The topological polar surface area (TPSA) is 108 Å². The average molecular weight is 683 g/mol. The molecule has 1 aromatic heterocycles. The van der Waals surface area contributed by atoms with E-state index < -0.39 is 17.8 Å². The van der Waals surface area contributed by atoms with Crippen molar-refractivity contribution in [3.63, 3.8) is 0 Å². The Morgan fingerprint density at radius 1 is 0.720 bits per heavy atom. The summed E-state index contributed by atoms with van der Waals surface area (Å²) >= 11 is 0. The highest BCUT2D eigenvalue weighted by Gasteiger charge is 2.31. The summed E-state index contributed by atoms with van der Waals surface area (Å²) in [5, 5.41) is 7.88. The zero-order chi connectivity index (χ0) is 35.1. The molecule has 0 unspecified atom stereocenters. The number of anilines is 5. The van der Waals surface area contributed by atoms with Gasteiger partial charge in [0, 0.05) is 55.0 Å². The van der Waals surface area contributed by atoms with Crippen LogP contribution in [0.1, 0.15) is 15.9 Å². The number of carbonyl (C=O) groups excluding carboxylic acids is 2. The zero-order valence-electron chi connectivity index (χ0n) is 26.9. The Bertz CT molecular complexity index is 1930. The number of ether oxygens (including phenoxy) is 2. The van der Waals surface area contributed by atoms with E-state index in [9.17, 15) is 22.8 Å². The molecule has 6 rings (SSSR count). The molecule has 0 radical (unpaired) electrons. The van der Waals surface area contributed by atoms with Crippen LogP contribution in [0.3, 0.4) is 0 Å². The van der Waals surface area contributed by atoms with Crippen LogP contribution in [0.15, 0.2) is 115 Å². The Hall–Kier alpha value is -6.24. The largest absolute Gasteiger partial charge is 0.495 e. The monoisotopic (exact) mass is 682 g/mol. The zero-order valence-corrected chi connectivity index (χ0v) is 26.9. The van der Waals surface area contributed by atoms with Crippen molar-refractivity contribution in [1.82, 2.24) is 4.98 Å². The summed E-state index contributed by atoms with van der Waals surface area (Å²) in [5.41, 5.74) is 1.46. The second-order valence-electron chi connectivity index (χ2n) is 11.3. The van der Waals surface area contributed by atoms with Crippen LogP contribution < -0.4 is 35.2 Å². The molecule has 3 N–H and O–H groups in total. The molecular formula is C37H33F3N6O4. The number of carbonyl (C=O) groups is 2. The number of hydrogen-bond donors (Lipinski definition) is 3. The third-order valence-corrected chi connectivity index (χ3v) is 7.96. The molecule has 1 fully saturated rings. The van der Waals surface area contributed by atoms with Crippen LogP contribution in [-0.4, -0.2) is 50.2 Å². The predicted octanol–water partition coefficient (Wildman–Crippen LogP) is 8.12. The number of methoxy groups -OCH3 is 1. The lowest BCUT2D eigenvalue weighted by molar-refractivity contribution is -0.137. The summed E-state index contributed by atoms with van der Waals surface area (Å²) in [6, 6.07) is 28.8. The summed E-state index contributed by atoms with van der Waals surface area (Å²) in [5.74, 6) is 1.62. The highest BCUT2D eigenvalue weighted by molar-refractivity contribution is 6.04. The first-order valence-corrected chi connectivity index (χ1v) is 15.7. The van der Waals surface area contributed by atoms with E-state index in [0.717, 1.165) is 55.9 Å². The van der Waals surface area contributed by atoms with Gasteiger partial charge < -0.3 is 35.2 Å². The van der Waals surface area contributed by atoms with Crippen LogP contribution in [0.2, 0.25) is 0 Å². The fourth-order valence-electron chi connectivity index (χ4n) is 5.40. The van der Waals surface area contributed by atoms with Gasteiger partial charge in [-0.25, -0.2) is 9.78 Å². The molecule has 0 bridgehead atoms.